The predicted octanol–water partition coefficient (Wildman–Crippen LogP) is 5.59. The van der Waals surface area contributed by atoms with Crippen molar-refractivity contribution in [1.29, 1.82) is 0 Å². The number of hydrogen-bond donors (Lipinski definition) is 0. The molecule has 0 saturated carbocycles. The number of para-hydroxylation sites is 1. The van der Waals surface area contributed by atoms with Gasteiger partial charge in [-0.25, -0.2) is 4.39 Å². The van der Waals surface area contributed by atoms with Crippen LogP contribution in [0.4, 0.5) is 10.1 Å². The van der Waals surface area contributed by atoms with E-state index < -0.39 is 0 Å². The summed E-state index contributed by atoms with van der Waals surface area (Å²) < 4.78 is 15.1. The highest BCUT2D eigenvalue weighted by Crippen LogP contribution is 2.43. The third-order valence-electron chi connectivity index (χ3n) is 5.55. The Morgan fingerprint density at radius 1 is 1.03 bits per heavy atom. The van der Waals surface area contributed by atoms with Crippen molar-refractivity contribution in [2.75, 3.05) is 16.4 Å². The normalized spacial score (nSPS) is 15.3. The molecule has 1 aromatic heterocycles. The average Bonchev–Trinajstić information content (AvgIpc) is 3.23. The van der Waals surface area contributed by atoms with E-state index in [1.54, 1.807) is 23.9 Å². The van der Waals surface area contributed by atoms with Crippen molar-refractivity contribution in [3.63, 3.8) is 0 Å². The highest BCUT2D eigenvalue weighted by atomic mass is 32.2. The molecule has 3 aromatic carbocycles. The van der Waals surface area contributed by atoms with Crippen LogP contribution in [0.15, 0.2) is 88.9 Å². The summed E-state index contributed by atoms with van der Waals surface area (Å²) in [5, 5.41) is 9.14. The summed E-state index contributed by atoms with van der Waals surface area (Å²) in [6.45, 7) is 0. The second-order valence-electron chi connectivity index (χ2n) is 7.63. The zero-order valence-corrected chi connectivity index (χ0v) is 19.5. The third kappa shape index (κ3) is 4.41. The van der Waals surface area contributed by atoms with Gasteiger partial charge in [0.15, 0.2) is 11.0 Å². The highest BCUT2D eigenvalue weighted by Gasteiger charge is 2.32. The molecule has 4 aromatic rings. The van der Waals surface area contributed by atoms with E-state index in [4.69, 9.17) is 0 Å². The number of anilines is 1. The summed E-state index contributed by atoms with van der Waals surface area (Å²) in [4.78, 5) is 16.6. The molecule has 1 atom stereocenters. The van der Waals surface area contributed by atoms with Crippen LogP contribution in [-0.2, 0) is 11.8 Å². The Hall–Kier alpha value is -3.10. The van der Waals surface area contributed by atoms with Gasteiger partial charge in [0, 0.05) is 23.3 Å². The molecule has 0 bridgehead atoms. The van der Waals surface area contributed by atoms with Crippen LogP contribution >= 0.6 is 23.5 Å². The van der Waals surface area contributed by atoms with Gasteiger partial charge < -0.3 is 9.47 Å². The first-order chi connectivity index (χ1) is 16.1. The van der Waals surface area contributed by atoms with E-state index >= 15 is 0 Å². The zero-order chi connectivity index (χ0) is 22.8. The lowest BCUT2D eigenvalue weighted by Crippen LogP contribution is -2.39. The Labute approximate surface area is 200 Å². The van der Waals surface area contributed by atoms with Crippen LogP contribution in [0, 0.1) is 5.82 Å². The molecule has 0 unspecified atom stereocenters. The molecule has 5 nitrogen and oxygen atoms in total. The Kier molecular flexibility index (Phi) is 6.20. The van der Waals surface area contributed by atoms with E-state index in [9.17, 15) is 9.18 Å². The van der Waals surface area contributed by atoms with E-state index in [-0.39, 0.29) is 23.5 Å². The van der Waals surface area contributed by atoms with Crippen molar-refractivity contribution in [3.05, 3.63) is 90.2 Å². The molecule has 33 heavy (non-hydrogen) atoms. The van der Waals surface area contributed by atoms with Gasteiger partial charge in [0.2, 0.25) is 5.91 Å². The third-order valence-corrected chi connectivity index (χ3v) is 7.69. The first-order valence-electron chi connectivity index (χ1n) is 10.5. The number of aromatic nitrogens is 3. The van der Waals surface area contributed by atoms with Crippen molar-refractivity contribution >= 4 is 35.1 Å². The van der Waals surface area contributed by atoms with Gasteiger partial charge in [0.25, 0.3) is 0 Å². The molecule has 1 amide bonds. The van der Waals surface area contributed by atoms with Crippen LogP contribution in [0.2, 0.25) is 0 Å². The average molecular weight is 477 g/mol. The Balaban J connectivity index is 1.39. The van der Waals surface area contributed by atoms with Crippen molar-refractivity contribution in [2.45, 2.75) is 16.1 Å². The Morgan fingerprint density at radius 3 is 2.55 bits per heavy atom. The van der Waals surface area contributed by atoms with Gasteiger partial charge >= 0.3 is 0 Å². The lowest BCUT2D eigenvalue weighted by molar-refractivity contribution is -0.116. The number of nitrogens with zero attached hydrogens (tertiary/aromatic N) is 4. The molecule has 0 N–H and O–H groups in total. The number of benzene rings is 3. The number of halogens is 1. The minimum Gasteiger partial charge on any atom is -0.305 e. The number of fused-ring (bicyclic) bond motifs is 1. The van der Waals surface area contributed by atoms with Crippen LogP contribution in [0.25, 0.3) is 11.4 Å². The van der Waals surface area contributed by atoms with E-state index in [1.165, 1.54) is 23.9 Å². The molecule has 166 valence electrons. The van der Waals surface area contributed by atoms with Crippen molar-refractivity contribution in [1.82, 2.24) is 14.8 Å². The Bertz CT molecular complexity index is 1280. The highest BCUT2D eigenvalue weighted by molar-refractivity contribution is 8.00. The second-order valence-corrected chi connectivity index (χ2v) is 9.63. The first-order valence-corrected chi connectivity index (χ1v) is 12.5. The quantitative estimate of drug-likeness (QED) is 0.351. The summed E-state index contributed by atoms with van der Waals surface area (Å²) in [5.41, 5.74) is 2.84. The fourth-order valence-electron chi connectivity index (χ4n) is 3.90. The number of amides is 1. The number of carbonyl (C=O) groups excluding carboxylic acids is 1. The standard InChI is InChI=1S/C25H21FN4OS2/c1-29-24(18-11-13-19(26)14-12-18)27-28-25(29)33-16-23(31)30-20-9-5-6-10-22(20)32-15-21(30)17-7-3-2-4-8-17/h2-14,21H,15-16H2,1H3/t21-/m0/s1. The predicted molar refractivity (Wildman–Crippen MR) is 131 cm³/mol. The summed E-state index contributed by atoms with van der Waals surface area (Å²) in [6.07, 6.45) is 0. The molecule has 2 heterocycles. The van der Waals surface area contributed by atoms with E-state index in [2.05, 4.69) is 28.4 Å². The van der Waals surface area contributed by atoms with Crippen molar-refractivity contribution in [3.8, 4) is 11.4 Å². The molecule has 8 heteroatoms. The van der Waals surface area contributed by atoms with Crippen LogP contribution < -0.4 is 4.90 Å². The fraction of sp³-hybridized carbons (Fsp3) is 0.160. The number of rotatable bonds is 5. The van der Waals surface area contributed by atoms with Crippen molar-refractivity contribution in [2.24, 2.45) is 7.05 Å². The van der Waals surface area contributed by atoms with Crippen LogP contribution in [-0.4, -0.2) is 32.2 Å². The number of hydrogen-bond acceptors (Lipinski definition) is 5. The SMILES string of the molecule is Cn1c(SCC(=O)N2c3ccccc3SC[C@H]2c2ccccc2)nnc1-c1ccc(F)cc1. The van der Waals surface area contributed by atoms with Crippen molar-refractivity contribution < 1.29 is 9.18 Å². The monoisotopic (exact) mass is 476 g/mol. The number of carbonyl (C=O) groups is 1. The fourth-order valence-corrected chi connectivity index (χ4v) is 5.84. The van der Waals surface area contributed by atoms with E-state index in [0.29, 0.717) is 11.0 Å². The lowest BCUT2D eigenvalue weighted by atomic mass is 10.1. The van der Waals surface area contributed by atoms with Gasteiger partial charge in [-0.05, 0) is 42.0 Å². The molecule has 0 radical (unpaired) electrons. The van der Waals surface area contributed by atoms with Gasteiger partial charge in [0.05, 0.1) is 17.5 Å². The molecule has 5 rings (SSSR count). The second kappa shape index (κ2) is 9.41. The Morgan fingerprint density at radius 2 is 1.76 bits per heavy atom. The minimum atomic E-state index is -0.297. The topological polar surface area (TPSA) is 51.0 Å². The van der Waals surface area contributed by atoms with Gasteiger partial charge in [-0.3, -0.25) is 4.79 Å². The maximum atomic E-state index is 13.5. The largest absolute Gasteiger partial charge is 0.305 e. The summed E-state index contributed by atoms with van der Waals surface area (Å²) in [6, 6.07) is 24.3. The van der Waals surface area contributed by atoms with Gasteiger partial charge in [0.1, 0.15) is 5.82 Å². The van der Waals surface area contributed by atoms with Crippen LogP contribution in [0.3, 0.4) is 0 Å². The van der Waals surface area contributed by atoms with Gasteiger partial charge in [-0.2, -0.15) is 0 Å². The summed E-state index contributed by atoms with van der Waals surface area (Å²) in [5.74, 6) is 1.39. The van der Waals surface area contributed by atoms with E-state index in [1.807, 2.05) is 52.9 Å². The number of thioether (sulfide) groups is 2. The minimum absolute atomic E-state index is 0.0212. The molecule has 0 fully saturated rings. The van der Waals surface area contributed by atoms with Gasteiger partial charge in [-0.15, -0.1) is 22.0 Å². The molecular formula is C25H21FN4OS2. The molecule has 1 aliphatic heterocycles. The molecule has 1 aliphatic rings. The smallest absolute Gasteiger partial charge is 0.238 e. The maximum Gasteiger partial charge on any atom is 0.238 e. The maximum absolute atomic E-state index is 13.5. The van der Waals surface area contributed by atoms with Crippen LogP contribution in [0.5, 0.6) is 0 Å². The first kappa shape index (κ1) is 21.7. The van der Waals surface area contributed by atoms with E-state index in [0.717, 1.165) is 27.5 Å². The van der Waals surface area contributed by atoms with Crippen LogP contribution in [0.1, 0.15) is 11.6 Å². The molecule has 0 saturated heterocycles. The lowest BCUT2D eigenvalue weighted by Gasteiger charge is -2.37. The summed E-state index contributed by atoms with van der Waals surface area (Å²) in [7, 11) is 1.85. The molecule has 0 aliphatic carbocycles. The summed E-state index contributed by atoms with van der Waals surface area (Å²) >= 11 is 3.13. The zero-order valence-electron chi connectivity index (χ0n) is 17.9. The molecular weight excluding hydrogens is 455 g/mol. The molecule has 0 spiro atoms. The van der Waals surface area contributed by atoms with Gasteiger partial charge in [-0.1, -0.05) is 54.2 Å².